The van der Waals surface area contributed by atoms with E-state index in [-0.39, 0.29) is 30.3 Å². The number of halogens is 1. The fourth-order valence-corrected chi connectivity index (χ4v) is 4.13. The summed E-state index contributed by atoms with van der Waals surface area (Å²) in [6.45, 7) is 2.61. The maximum atomic E-state index is 12.5. The molecule has 0 spiro atoms. The summed E-state index contributed by atoms with van der Waals surface area (Å²) in [7, 11) is 1.42. The summed E-state index contributed by atoms with van der Waals surface area (Å²) in [6, 6.07) is 8.38. The summed E-state index contributed by atoms with van der Waals surface area (Å²) in [5, 5.41) is 17.9. The van der Waals surface area contributed by atoms with Crippen LogP contribution >= 0.6 is 15.9 Å². The lowest BCUT2D eigenvalue weighted by Crippen LogP contribution is -2.45. The molecule has 3 rings (SSSR count). The molecule has 2 aromatic carbocycles. The molecule has 1 heterocycles. The lowest BCUT2D eigenvalue weighted by atomic mass is 9.95. The number of methoxy groups -OCH3 is 1. The quantitative estimate of drug-likeness (QED) is 0.158. The summed E-state index contributed by atoms with van der Waals surface area (Å²) in [4.78, 5) is 47.5. The van der Waals surface area contributed by atoms with E-state index in [2.05, 4.69) is 37.1 Å². The molecule has 212 valence electrons. The van der Waals surface area contributed by atoms with Gasteiger partial charge in [0.05, 0.1) is 36.0 Å². The number of amides is 3. The Labute approximate surface area is 237 Å². The fraction of sp³-hybridized carbons (Fsp3) is 0.269. The predicted molar refractivity (Wildman–Crippen MR) is 145 cm³/mol. The molecule has 0 bridgehead atoms. The van der Waals surface area contributed by atoms with E-state index in [4.69, 9.17) is 24.1 Å². The van der Waals surface area contributed by atoms with Gasteiger partial charge in [-0.1, -0.05) is 6.07 Å². The van der Waals surface area contributed by atoms with Gasteiger partial charge in [-0.25, -0.2) is 19.8 Å². The Morgan fingerprint density at radius 3 is 2.50 bits per heavy atom. The molecule has 0 fully saturated rings. The minimum atomic E-state index is -1.10. The van der Waals surface area contributed by atoms with Gasteiger partial charge in [0.25, 0.3) is 5.91 Å². The highest BCUT2D eigenvalue weighted by atomic mass is 79.9. The molecule has 1 aliphatic heterocycles. The van der Waals surface area contributed by atoms with E-state index in [1.54, 1.807) is 50.2 Å². The largest absolute Gasteiger partial charge is 0.493 e. The second-order valence-electron chi connectivity index (χ2n) is 8.16. The van der Waals surface area contributed by atoms with E-state index in [0.717, 1.165) is 0 Å². The first-order valence-electron chi connectivity index (χ1n) is 11.8. The first kappa shape index (κ1) is 30.0. The number of esters is 1. The Morgan fingerprint density at radius 1 is 1.10 bits per heavy atom. The number of carbonyl (C=O) groups is 4. The zero-order chi connectivity index (χ0) is 29.2. The number of hydrazone groups is 1. The number of nitrogens with zero attached hydrogens (tertiary/aromatic N) is 1. The van der Waals surface area contributed by atoms with Crippen molar-refractivity contribution in [2.24, 2.45) is 5.10 Å². The number of hydrogen-bond acceptors (Lipinski definition) is 9. The number of aliphatic carboxylic acids is 1. The zero-order valence-electron chi connectivity index (χ0n) is 21.8. The zero-order valence-corrected chi connectivity index (χ0v) is 23.4. The van der Waals surface area contributed by atoms with Gasteiger partial charge in [-0.2, -0.15) is 5.10 Å². The van der Waals surface area contributed by atoms with Crippen LogP contribution in [0.5, 0.6) is 17.2 Å². The van der Waals surface area contributed by atoms with Crippen LogP contribution in [0.4, 0.5) is 4.79 Å². The van der Waals surface area contributed by atoms with E-state index in [0.29, 0.717) is 27.0 Å². The third-order valence-electron chi connectivity index (χ3n) is 5.35. The second-order valence-corrected chi connectivity index (χ2v) is 9.01. The number of carboxylic acids is 1. The summed E-state index contributed by atoms with van der Waals surface area (Å²) in [5.74, 6) is -1.33. The van der Waals surface area contributed by atoms with Crippen molar-refractivity contribution in [1.29, 1.82) is 0 Å². The Morgan fingerprint density at radius 2 is 1.82 bits per heavy atom. The molecule has 1 aliphatic rings. The highest BCUT2D eigenvalue weighted by molar-refractivity contribution is 9.10. The van der Waals surface area contributed by atoms with Gasteiger partial charge in [-0.05, 0) is 71.2 Å². The van der Waals surface area contributed by atoms with Crippen molar-refractivity contribution in [2.75, 3.05) is 26.9 Å². The topological polar surface area (TPSA) is 174 Å². The third-order valence-corrected chi connectivity index (χ3v) is 5.97. The molecule has 4 N–H and O–H groups in total. The van der Waals surface area contributed by atoms with Crippen LogP contribution in [-0.2, 0) is 19.1 Å². The van der Waals surface area contributed by atoms with Crippen LogP contribution in [0, 0.1) is 0 Å². The summed E-state index contributed by atoms with van der Waals surface area (Å²) < 4.78 is 21.8. The normalized spacial score (nSPS) is 14.7. The first-order valence-corrected chi connectivity index (χ1v) is 12.6. The van der Waals surface area contributed by atoms with Crippen LogP contribution in [0.3, 0.4) is 0 Å². The molecule has 14 heteroatoms. The van der Waals surface area contributed by atoms with Crippen molar-refractivity contribution in [3.8, 4) is 17.2 Å². The Hall–Kier alpha value is -4.59. The molecule has 3 amide bonds. The van der Waals surface area contributed by atoms with Crippen LogP contribution in [0.1, 0.15) is 31.0 Å². The standard InChI is InChI=1S/C26H27BrN4O9/c1-4-38-25(35)23-14(2)29-26(36)30-24(23)16-6-8-19(20(10-16)37-3)39-12-21(32)31-28-11-15-5-7-18(17(27)9-15)40-13-22(33)34/h5-11,24H,4,12-13H2,1-3H3,(H,31,32)(H,33,34)(H2,29,30,36)/b28-11-/t24-/m0/s1. The summed E-state index contributed by atoms with van der Waals surface area (Å²) in [6.07, 6.45) is 1.39. The molecule has 13 nitrogen and oxygen atoms in total. The number of carbonyl (C=O) groups excluding carboxylic acids is 3. The number of hydrogen-bond donors (Lipinski definition) is 4. The fourth-order valence-electron chi connectivity index (χ4n) is 3.61. The molecule has 1 atom stereocenters. The number of nitrogens with one attached hydrogen (secondary N) is 3. The highest BCUT2D eigenvalue weighted by Gasteiger charge is 2.32. The molecule has 0 radical (unpaired) electrons. The van der Waals surface area contributed by atoms with Crippen LogP contribution in [0.25, 0.3) is 0 Å². The van der Waals surface area contributed by atoms with Crippen molar-refractivity contribution in [2.45, 2.75) is 19.9 Å². The molecule has 0 aliphatic carbocycles. The maximum absolute atomic E-state index is 12.5. The van der Waals surface area contributed by atoms with Gasteiger partial charge in [-0.3, -0.25) is 4.79 Å². The molecular weight excluding hydrogens is 592 g/mol. The number of benzene rings is 2. The van der Waals surface area contributed by atoms with Gasteiger partial charge in [0, 0.05) is 5.70 Å². The SMILES string of the molecule is CCOC(=O)C1=C(C)NC(=O)N[C@H]1c1ccc(OCC(=O)N/N=C\c2ccc(OCC(=O)O)c(Br)c2)c(OC)c1. The van der Waals surface area contributed by atoms with E-state index in [1.807, 2.05) is 0 Å². The summed E-state index contributed by atoms with van der Waals surface area (Å²) in [5.41, 5.74) is 4.13. The summed E-state index contributed by atoms with van der Waals surface area (Å²) >= 11 is 3.29. The van der Waals surface area contributed by atoms with Crippen molar-refractivity contribution in [3.63, 3.8) is 0 Å². The van der Waals surface area contributed by atoms with Crippen LogP contribution in [0.2, 0.25) is 0 Å². The van der Waals surface area contributed by atoms with Gasteiger partial charge in [0.15, 0.2) is 24.7 Å². The van der Waals surface area contributed by atoms with Gasteiger partial charge in [0.1, 0.15) is 5.75 Å². The number of carboxylic acid groups (broad SMARTS) is 1. The third kappa shape index (κ3) is 7.96. The van der Waals surface area contributed by atoms with Gasteiger partial charge < -0.3 is 34.7 Å². The van der Waals surface area contributed by atoms with E-state index >= 15 is 0 Å². The predicted octanol–water partition coefficient (Wildman–Crippen LogP) is 2.64. The minimum Gasteiger partial charge on any atom is -0.493 e. The van der Waals surface area contributed by atoms with E-state index in [1.165, 1.54) is 13.3 Å². The first-order chi connectivity index (χ1) is 19.1. The Kier molecular flexibility index (Phi) is 10.5. The highest BCUT2D eigenvalue weighted by Crippen LogP contribution is 2.34. The molecule has 0 saturated carbocycles. The minimum absolute atomic E-state index is 0.172. The molecule has 2 aromatic rings. The van der Waals surface area contributed by atoms with Gasteiger partial charge >= 0.3 is 18.0 Å². The van der Waals surface area contributed by atoms with Crippen molar-refractivity contribution >= 4 is 46.0 Å². The smallest absolute Gasteiger partial charge is 0.341 e. The Balaban J connectivity index is 1.63. The van der Waals surface area contributed by atoms with Crippen molar-refractivity contribution in [1.82, 2.24) is 16.1 Å². The molecule has 0 unspecified atom stereocenters. The number of urea groups is 1. The second kappa shape index (κ2) is 14.0. The number of allylic oxidation sites excluding steroid dienone is 1. The van der Waals surface area contributed by atoms with Gasteiger partial charge in [0.2, 0.25) is 0 Å². The molecular formula is C26H27BrN4O9. The molecule has 40 heavy (non-hydrogen) atoms. The lowest BCUT2D eigenvalue weighted by molar-refractivity contribution is -0.140. The average molecular weight is 619 g/mol. The monoisotopic (exact) mass is 618 g/mol. The molecule has 0 saturated heterocycles. The maximum Gasteiger partial charge on any atom is 0.341 e. The van der Waals surface area contributed by atoms with E-state index in [9.17, 15) is 19.2 Å². The van der Waals surface area contributed by atoms with Crippen molar-refractivity contribution < 1.29 is 43.2 Å². The van der Waals surface area contributed by atoms with Gasteiger partial charge in [-0.15, -0.1) is 0 Å². The number of rotatable bonds is 12. The molecule has 0 aromatic heterocycles. The Bertz CT molecular complexity index is 1360. The van der Waals surface area contributed by atoms with Crippen LogP contribution in [-0.4, -0.2) is 62.1 Å². The van der Waals surface area contributed by atoms with E-state index < -0.39 is 36.5 Å². The average Bonchev–Trinajstić information content (AvgIpc) is 2.90. The number of ether oxygens (including phenoxy) is 4. The van der Waals surface area contributed by atoms with Crippen LogP contribution < -0.4 is 30.3 Å². The van der Waals surface area contributed by atoms with Crippen molar-refractivity contribution in [3.05, 3.63) is 63.3 Å². The lowest BCUT2D eigenvalue weighted by Gasteiger charge is -2.28. The van der Waals surface area contributed by atoms with Crippen LogP contribution in [0.15, 0.2) is 57.2 Å².